The van der Waals surface area contributed by atoms with Crippen molar-refractivity contribution in [2.24, 2.45) is 5.73 Å². The highest BCUT2D eigenvalue weighted by molar-refractivity contribution is 5.29. The van der Waals surface area contributed by atoms with E-state index in [-0.39, 0.29) is 6.17 Å². The fourth-order valence-corrected chi connectivity index (χ4v) is 3.05. The molecule has 3 N–H and O–H groups in total. The van der Waals surface area contributed by atoms with Gasteiger partial charge in [0.1, 0.15) is 0 Å². The first kappa shape index (κ1) is 14.5. The molecular weight excluding hydrogens is 232 g/mol. The predicted octanol–water partition coefficient (Wildman–Crippen LogP) is 3.91. The summed E-state index contributed by atoms with van der Waals surface area (Å²) < 4.78 is 0. The fraction of sp³-hybridized carbons (Fsp3) is 0.647. The molecule has 2 rings (SSSR count). The Kier molecular flexibility index (Phi) is 5.87. The molecule has 19 heavy (non-hydrogen) atoms. The molecule has 106 valence electrons. The van der Waals surface area contributed by atoms with Crippen LogP contribution in [0.1, 0.15) is 69.2 Å². The van der Waals surface area contributed by atoms with Gasteiger partial charge in [0.2, 0.25) is 0 Å². The van der Waals surface area contributed by atoms with Gasteiger partial charge in [0, 0.05) is 6.04 Å². The number of nitrogens with one attached hydrogen (secondary N) is 1. The Bertz CT molecular complexity index is 369. The van der Waals surface area contributed by atoms with E-state index in [0.717, 1.165) is 6.42 Å². The number of unbranched alkanes of at least 4 members (excludes halogenated alkanes) is 1. The van der Waals surface area contributed by atoms with Gasteiger partial charge < -0.3 is 5.73 Å². The monoisotopic (exact) mass is 260 g/mol. The molecule has 0 heterocycles. The molecule has 1 aliphatic carbocycles. The van der Waals surface area contributed by atoms with Crippen molar-refractivity contribution in [2.75, 3.05) is 0 Å². The van der Waals surface area contributed by atoms with Crippen LogP contribution in [0.3, 0.4) is 0 Å². The van der Waals surface area contributed by atoms with E-state index in [1.54, 1.807) is 0 Å². The van der Waals surface area contributed by atoms with Crippen LogP contribution in [0.2, 0.25) is 0 Å². The Morgan fingerprint density at radius 3 is 2.68 bits per heavy atom. The van der Waals surface area contributed by atoms with Crippen molar-refractivity contribution in [3.05, 3.63) is 35.4 Å². The number of benzene rings is 1. The molecule has 0 bridgehead atoms. The fourth-order valence-electron chi connectivity index (χ4n) is 3.05. The summed E-state index contributed by atoms with van der Waals surface area (Å²) in [5, 5.41) is 3.63. The summed E-state index contributed by atoms with van der Waals surface area (Å²) in [6.45, 7) is 2.24. The van der Waals surface area contributed by atoms with Crippen molar-refractivity contribution in [1.82, 2.24) is 5.32 Å². The van der Waals surface area contributed by atoms with E-state index >= 15 is 0 Å². The molecule has 1 aliphatic rings. The minimum atomic E-state index is -0.00356. The number of aryl methyl sites for hydroxylation is 1. The molecule has 0 amide bonds. The molecule has 2 heteroatoms. The maximum absolute atomic E-state index is 6.39. The zero-order valence-electron chi connectivity index (χ0n) is 12.2. The Morgan fingerprint density at radius 1 is 1.21 bits per heavy atom. The van der Waals surface area contributed by atoms with Gasteiger partial charge in [-0.2, -0.15) is 0 Å². The Morgan fingerprint density at radius 2 is 1.95 bits per heavy atom. The smallest absolute Gasteiger partial charge is 0.0814 e. The second-order valence-electron chi connectivity index (χ2n) is 5.78. The summed E-state index contributed by atoms with van der Waals surface area (Å²) in [7, 11) is 0. The minimum absolute atomic E-state index is 0.00356. The van der Waals surface area contributed by atoms with Gasteiger partial charge >= 0.3 is 0 Å². The maximum Gasteiger partial charge on any atom is 0.0814 e. The summed E-state index contributed by atoms with van der Waals surface area (Å²) in [6, 6.07) is 9.26. The van der Waals surface area contributed by atoms with Crippen molar-refractivity contribution in [1.29, 1.82) is 0 Å². The molecule has 0 aliphatic heterocycles. The Balaban J connectivity index is 1.98. The van der Waals surface area contributed by atoms with Gasteiger partial charge in [0.15, 0.2) is 0 Å². The number of nitrogens with two attached hydrogens (primary N) is 1. The lowest BCUT2D eigenvalue weighted by atomic mass is 9.94. The van der Waals surface area contributed by atoms with Crippen LogP contribution in [0.25, 0.3) is 0 Å². The molecule has 0 radical (unpaired) electrons. The average Bonchev–Trinajstić information content (AvgIpc) is 2.46. The lowest BCUT2D eigenvalue weighted by Crippen LogP contribution is -2.39. The van der Waals surface area contributed by atoms with Gasteiger partial charge in [0.25, 0.3) is 0 Å². The van der Waals surface area contributed by atoms with E-state index < -0.39 is 0 Å². The zero-order chi connectivity index (χ0) is 13.5. The molecule has 1 fully saturated rings. The molecule has 1 aromatic carbocycles. The normalized spacial score (nSPS) is 18.4. The van der Waals surface area contributed by atoms with Crippen LogP contribution in [0.5, 0.6) is 0 Å². The lowest BCUT2D eigenvalue weighted by molar-refractivity contribution is 0.340. The van der Waals surface area contributed by atoms with E-state index in [2.05, 4.69) is 36.5 Å². The predicted molar refractivity (Wildman–Crippen MR) is 82.0 cm³/mol. The summed E-state index contributed by atoms with van der Waals surface area (Å²) in [5.74, 6) is 0. The van der Waals surface area contributed by atoms with Crippen LogP contribution in [0, 0.1) is 0 Å². The molecule has 1 aromatic rings. The Labute approximate surface area is 117 Å². The highest BCUT2D eigenvalue weighted by Crippen LogP contribution is 2.22. The minimum Gasteiger partial charge on any atom is -0.312 e. The van der Waals surface area contributed by atoms with Gasteiger partial charge in [-0.25, -0.2) is 0 Å². The van der Waals surface area contributed by atoms with Crippen LogP contribution in [0.4, 0.5) is 0 Å². The third-order valence-electron chi connectivity index (χ3n) is 4.21. The summed E-state index contributed by atoms with van der Waals surface area (Å²) >= 11 is 0. The number of hydrogen-bond acceptors (Lipinski definition) is 2. The average molecular weight is 260 g/mol. The van der Waals surface area contributed by atoms with Crippen molar-refractivity contribution < 1.29 is 0 Å². The topological polar surface area (TPSA) is 38.0 Å². The summed E-state index contributed by atoms with van der Waals surface area (Å²) in [4.78, 5) is 0. The summed E-state index contributed by atoms with van der Waals surface area (Å²) in [5.41, 5.74) is 9.10. The summed E-state index contributed by atoms with van der Waals surface area (Å²) in [6.07, 6.45) is 10.3. The van der Waals surface area contributed by atoms with Crippen molar-refractivity contribution >= 4 is 0 Å². The van der Waals surface area contributed by atoms with E-state index in [9.17, 15) is 0 Å². The van der Waals surface area contributed by atoms with Crippen molar-refractivity contribution in [3.63, 3.8) is 0 Å². The van der Waals surface area contributed by atoms with Crippen molar-refractivity contribution in [3.8, 4) is 0 Å². The first-order valence-electron chi connectivity index (χ1n) is 7.90. The maximum atomic E-state index is 6.39. The van der Waals surface area contributed by atoms with Crippen LogP contribution in [-0.4, -0.2) is 6.04 Å². The van der Waals surface area contributed by atoms with Crippen LogP contribution >= 0.6 is 0 Å². The largest absolute Gasteiger partial charge is 0.312 e. The molecule has 0 saturated heterocycles. The molecule has 1 saturated carbocycles. The second-order valence-corrected chi connectivity index (χ2v) is 5.78. The van der Waals surface area contributed by atoms with Crippen LogP contribution < -0.4 is 11.1 Å². The number of rotatable bonds is 6. The second kappa shape index (κ2) is 7.66. The van der Waals surface area contributed by atoms with Crippen LogP contribution in [0.15, 0.2) is 24.3 Å². The Hall–Kier alpha value is -0.860. The van der Waals surface area contributed by atoms with Crippen LogP contribution in [-0.2, 0) is 6.42 Å². The van der Waals surface area contributed by atoms with E-state index in [4.69, 9.17) is 5.73 Å². The van der Waals surface area contributed by atoms with Gasteiger partial charge in [-0.3, -0.25) is 5.32 Å². The van der Waals surface area contributed by atoms with Gasteiger partial charge in [0.05, 0.1) is 6.17 Å². The van der Waals surface area contributed by atoms with Gasteiger partial charge in [-0.05, 0) is 36.8 Å². The SMILES string of the molecule is CCCCc1ccccc1C(N)NC1CCCCC1. The standard InChI is InChI=1S/C17H28N2/c1-2-3-9-14-10-7-8-13-16(14)17(18)19-15-11-5-4-6-12-15/h7-8,10,13,15,17,19H,2-6,9,11-12,18H2,1H3. The molecule has 2 nitrogen and oxygen atoms in total. The molecule has 1 atom stereocenters. The molecule has 0 spiro atoms. The molecule has 0 aromatic heterocycles. The van der Waals surface area contributed by atoms with E-state index in [1.165, 1.54) is 56.1 Å². The van der Waals surface area contributed by atoms with Gasteiger partial charge in [-0.15, -0.1) is 0 Å². The third-order valence-corrected chi connectivity index (χ3v) is 4.21. The highest BCUT2D eigenvalue weighted by Gasteiger charge is 2.17. The van der Waals surface area contributed by atoms with E-state index in [1.807, 2.05) is 0 Å². The first-order chi connectivity index (χ1) is 9.31. The third kappa shape index (κ3) is 4.32. The van der Waals surface area contributed by atoms with Gasteiger partial charge in [-0.1, -0.05) is 56.9 Å². The lowest BCUT2D eigenvalue weighted by Gasteiger charge is -2.27. The highest BCUT2D eigenvalue weighted by atomic mass is 15.0. The van der Waals surface area contributed by atoms with E-state index in [0.29, 0.717) is 6.04 Å². The first-order valence-corrected chi connectivity index (χ1v) is 7.90. The molecular formula is C17H28N2. The number of hydrogen-bond donors (Lipinski definition) is 2. The van der Waals surface area contributed by atoms with Crippen molar-refractivity contribution in [2.45, 2.75) is 70.5 Å². The zero-order valence-corrected chi connectivity index (χ0v) is 12.2. The molecule has 1 unspecified atom stereocenters. The quantitative estimate of drug-likeness (QED) is 0.761.